The van der Waals surface area contributed by atoms with E-state index in [1.165, 1.54) is 0 Å². The lowest BCUT2D eigenvalue weighted by Crippen LogP contribution is -2.03. The van der Waals surface area contributed by atoms with Gasteiger partial charge >= 0.3 is 0 Å². The first kappa shape index (κ1) is 12.1. The summed E-state index contributed by atoms with van der Waals surface area (Å²) in [5, 5.41) is 16.1. The summed E-state index contributed by atoms with van der Waals surface area (Å²) >= 11 is 0. The van der Waals surface area contributed by atoms with Crippen molar-refractivity contribution >= 4 is 11.5 Å². The van der Waals surface area contributed by atoms with Crippen LogP contribution in [0, 0.1) is 11.3 Å². The van der Waals surface area contributed by atoms with Crippen LogP contribution in [0.3, 0.4) is 0 Å². The number of ether oxygens (including phenoxy) is 1. The minimum absolute atomic E-state index is 0.569. The molecule has 18 heavy (non-hydrogen) atoms. The van der Waals surface area contributed by atoms with E-state index in [9.17, 15) is 0 Å². The smallest absolute Gasteiger partial charge is 0.131 e. The summed E-state index contributed by atoms with van der Waals surface area (Å²) in [6, 6.07) is 5.42. The van der Waals surface area contributed by atoms with Gasteiger partial charge in [-0.15, -0.1) is 0 Å². The zero-order valence-corrected chi connectivity index (χ0v) is 10.00. The highest BCUT2D eigenvalue weighted by atomic mass is 16.5. The molecule has 0 radical (unpaired) electrons. The van der Waals surface area contributed by atoms with Gasteiger partial charge in [0.15, 0.2) is 0 Å². The highest BCUT2D eigenvalue weighted by molar-refractivity contribution is 5.55. The van der Waals surface area contributed by atoms with Crippen LogP contribution in [0.4, 0.5) is 11.5 Å². The van der Waals surface area contributed by atoms with Crippen molar-refractivity contribution in [3.63, 3.8) is 0 Å². The van der Waals surface area contributed by atoms with E-state index >= 15 is 0 Å². The topological polar surface area (TPSA) is 75.8 Å². The molecule has 1 N–H and O–H groups in total. The number of nitriles is 1. The number of methoxy groups -OCH3 is 1. The van der Waals surface area contributed by atoms with E-state index in [1.807, 2.05) is 6.20 Å². The molecule has 92 valence electrons. The molecule has 2 rings (SSSR count). The van der Waals surface area contributed by atoms with Gasteiger partial charge in [0.2, 0.25) is 0 Å². The van der Waals surface area contributed by atoms with Gasteiger partial charge in [0.05, 0.1) is 36.7 Å². The summed E-state index contributed by atoms with van der Waals surface area (Å²) in [4.78, 5) is 4.13. The number of hydrogen-bond donors (Lipinski definition) is 1. The number of nitrogens with one attached hydrogen (secondary N) is 1. The summed E-state index contributed by atoms with van der Waals surface area (Å²) in [7, 11) is 1.65. The summed E-state index contributed by atoms with van der Waals surface area (Å²) in [6.07, 6.45) is 5.16. The van der Waals surface area contributed by atoms with E-state index in [2.05, 4.69) is 21.5 Å². The summed E-state index contributed by atoms with van der Waals surface area (Å²) < 4.78 is 6.75. The summed E-state index contributed by atoms with van der Waals surface area (Å²) in [6.45, 7) is 1.31. The van der Waals surface area contributed by atoms with Crippen molar-refractivity contribution in [1.29, 1.82) is 5.26 Å². The van der Waals surface area contributed by atoms with Gasteiger partial charge < -0.3 is 10.1 Å². The molecule has 0 aliphatic rings. The third-order valence-corrected chi connectivity index (χ3v) is 2.32. The second kappa shape index (κ2) is 5.80. The average molecular weight is 243 g/mol. The zero-order chi connectivity index (χ0) is 12.8. The van der Waals surface area contributed by atoms with Gasteiger partial charge in [-0.2, -0.15) is 10.4 Å². The maximum Gasteiger partial charge on any atom is 0.131 e. The minimum Gasteiger partial charge on any atom is -0.383 e. The molecule has 2 heterocycles. The monoisotopic (exact) mass is 243 g/mol. The fraction of sp³-hybridized carbons (Fsp3) is 0.250. The van der Waals surface area contributed by atoms with E-state index in [-0.39, 0.29) is 0 Å². The fourth-order valence-corrected chi connectivity index (χ4v) is 1.45. The number of aromatic nitrogens is 3. The van der Waals surface area contributed by atoms with Gasteiger partial charge in [-0.3, -0.25) is 4.68 Å². The predicted molar refractivity (Wildman–Crippen MR) is 66.3 cm³/mol. The second-order valence-corrected chi connectivity index (χ2v) is 3.65. The first-order chi connectivity index (χ1) is 8.81. The van der Waals surface area contributed by atoms with Crippen LogP contribution in [0.1, 0.15) is 5.56 Å². The molecular formula is C12H13N5O. The highest BCUT2D eigenvalue weighted by Gasteiger charge is 2.01. The molecule has 0 spiro atoms. The Hall–Kier alpha value is -2.39. The number of rotatable bonds is 5. The molecule has 6 heteroatoms. The quantitative estimate of drug-likeness (QED) is 0.862. The Bertz CT molecular complexity index is 558. The Morgan fingerprint density at radius 1 is 1.56 bits per heavy atom. The van der Waals surface area contributed by atoms with E-state index < -0.39 is 0 Å². The van der Waals surface area contributed by atoms with E-state index in [1.54, 1.807) is 36.3 Å². The third-order valence-electron chi connectivity index (χ3n) is 2.32. The molecule has 0 unspecified atom stereocenters. The van der Waals surface area contributed by atoms with Crippen LogP contribution in [-0.4, -0.2) is 28.5 Å². The first-order valence-corrected chi connectivity index (χ1v) is 5.46. The fourth-order valence-electron chi connectivity index (χ4n) is 1.45. The zero-order valence-electron chi connectivity index (χ0n) is 10.00. The van der Waals surface area contributed by atoms with Crippen LogP contribution in [0.15, 0.2) is 30.7 Å². The molecule has 0 aromatic carbocycles. The normalized spacial score (nSPS) is 10.0. The molecule has 0 amide bonds. The first-order valence-electron chi connectivity index (χ1n) is 5.46. The highest BCUT2D eigenvalue weighted by Crippen LogP contribution is 2.14. The predicted octanol–water partition coefficient (Wildman–Crippen LogP) is 1.54. The van der Waals surface area contributed by atoms with Crippen molar-refractivity contribution in [2.75, 3.05) is 19.0 Å². The van der Waals surface area contributed by atoms with Gasteiger partial charge in [-0.25, -0.2) is 4.98 Å². The van der Waals surface area contributed by atoms with Crippen molar-refractivity contribution in [3.8, 4) is 6.07 Å². The van der Waals surface area contributed by atoms with Gasteiger partial charge in [0.1, 0.15) is 5.82 Å². The van der Waals surface area contributed by atoms with Gasteiger partial charge in [0.25, 0.3) is 0 Å². The SMILES string of the molecule is COCCn1cc(Nc2cc(C#N)ccn2)cn1. The molecule has 0 atom stereocenters. The molecule has 0 fully saturated rings. The average Bonchev–Trinajstić information content (AvgIpc) is 2.84. The van der Waals surface area contributed by atoms with Crippen molar-refractivity contribution in [1.82, 2.24) is 14.8 Å². The van der Waals surface area contributed by atoms with E-state index in [0.29, 0.717) is 24.5 Å². The molecule has 0 bridgehead atoms. The molecule has 0 aliphatic heterocycles. The number of anilines is 2. The maximum atomic E-state index is 8.79. The third kappa shape index (κ3) is 3.06. The summed E-state index contributed by atoms with van der Waals surface area (Å²) in [5.41, 5.74) is 1.40. The molecule has 2 aromatic heterocycles. The minimum atomic E-state index is 0.569. The largest absolute Gasteiger partial charge is 0.383 e. The standard InChI is InChI=1S/C12H13N5O/c1-18-5-4-17-9-11(8-15-17)16-12-6-10(7-13)2-3-14-12/h2-3,6,8-9H,4-5H2,1H3,(H,14,16). The molecule has 6 nitrogen and oxygen atoms in total. The van der Waals surface area contributed by atoms with Crippen LogP contribution < -0.4 is 5.32 Å². The van der Waals surface area contributed by atoms with Gasteiger partial charge in [-0.1, -0.05) is 0 Å². The van der Waals surface area contributed by atoms with Crippen LogP contribution in [0.5, 0.6) is 0 Å². The Kier molecular flexibility index (Phi) is 3.89. The Labute approximate surface area is 105 Å². The Balaban J connectivity index is 2.04. The summed E-state index contributed by atoms with van der Waals surface area (Å²) in [5.74, 6) is 0.625. The lowest BCUT2D eigenvalue weighted by Gasteiger charge is -2.02. The maximum absolute atomic E-state index is 8.79. The van der Waals surface area contributed by atoms with E-state index in [4.69, 9.17) is 10.00 Å². The number of pyridine rings is 1. The van der Waals surface area contributed by atoms with Gasteiger partial charge in [-0.05, 0) is 12.1 Å². The number of hydrogen-bond acceptors (Lipinski definition) is 5. The Morgan fingerprint density at radius 2 is 2.44 bits per heavy atom. The molecule has 0 saturated heterocycles. The van der Waals surface area contributed by atoms with Crippen LogP contribution in [0.2, 0.25) is 0 Å². The van der Waals surface area contributed by atoms with Crippen molar-refractivity contribution < 1.29 is 4.74 Å². The van der Waals surface area contributed by atoms with Crippen LogP contribution >= 0.6 is 0 Å². The van der Waals surface area contributed by atoms with Gasteiger partial charge in [0, 0.05) is 19.5 Å². The van der Waals surface area contributed by atoms with E-state index in [0.717, 1.165) is 5.69 Å². The Morgan fingerprint density at radius 3 is 3.22 bits per heavy atom. The van der Waals surface area contributed by atoms with Crippen LogP contribution in [0.25, 0.3) is 0 Å². The second-order valence-electron chi connectivity index (χ2n) is 3.65. The van der Waals surface area contributed by atoms with Crippen molar-refractivity contribution in [3.05, 3.63) is 36.3 Å². The van der Waals surface area contributed by atoms with Crippen LogP contribution in [-0.2, 0) is 11.3 Å². The number of nitrogens with zero attached hydrogens (tertiary/aromatic N) is 4. The lowest BCUT2D eigenvalue weighted by atomic mass is 10.3. The van der Waals surface area contributed by atoms with Crippen molar-refractivity contribution in [2.45, 2.75) is 6.54 Å². The lowest BCUT2D eigenvalue weighted by molar-refractivity contribution is 0.183. The molecule has 0 saturated carbocycles. The molecule has 2 aromatic rings. The molecule has 0 aliphatic carbocycles. The van der Waals surface area contributed by atoms with Crippen molar-refractivity contribution in [2.24, 2.45) is 0 Å². The molecular weight excluding hydrogens is 230 g/mol.